The molecule has 0 aliphatic heterocycles. The average molecular weight is 488 g/mol. The SMILES string of the molecule is CCN(CC)c1cc(C)nc(Nc2ccc(NS(=O)(=O)c3ccc4cccc5c4c3CC5)cc2)n1. The first-order valence-electron chi connectivity index (χ1n) is 11.9. The number of hydrogen-bond acceptors (Lipinski definition) is 6. The maximum Gasteiger partial charge on any atom is 0.262 e. The second-order valence-corrected chi connectivity index (χ2v) is 10.4. The second-order valence-electron chi connectivity index (χ2n) is 8.73. The highest BCUT2D eigenvalue weighted by Crippen LogP contribution is 2.35. The minimum atomic E-state index is -3.71. The third-order valence-electron chi connectivity index (χ3n) is 6.45. The molecule has 0 fully saturated rings. The van der Waals surface area contributed by atoms with Crippen molar-refractivity contribution >= 4 is 43.9 Å². The van der Waals surface area contributed by atoms with Crippen LogP contribution in [-0.2, 0) is 22.9 Å². The number of sulfonamides is 1. The molecule has 2 N–H and O–H groups in total. The number of anilines is 4. The van der Waals surface area contributed by atoms with E-state index >= 15 is 0 Å². The van der Waals surface area contributed by atoms with E-state index in [0.29, 0.717) is 16.5 Å². The smallest absolute Gasteiger partial charge is 0.262 e. The Morgan fingerprint density at radius 1 is 0.914 bits per heavy atom. The molecular formula is C27H29N5O2S. The van der Waals surface area contributed by atoms with Gasteiger partial charge in [-0.3, -0.25) is 4.72 Å². The van der Waals surface area contributed by atoms with E-state index < -0.39 is 10.0 Å². The van der Waals surface area contributed by atoms with Crippen LogP contribution in [0.3, 0.4) is 0 Å². The van der Waals surface area contributed by atoms with Gasteiger partial charge in [-0.15, -0.1) is 0 Å². The van der Waals surface area contributed by atoms with Gasteiger partial charge in [0, 0.05) is 36.2 Å². The molecule has 0 saturated carbocycles. The van der Waals surface area contributed by atoms with E-state index in [0.717, 1.165) is 59.5 Å². The van der Waals surface area contributed by atoms with Crippen molar-refractivity contribution < 1.29 is 8.42 Å². The number of aryl methyl sites for hydroxylation is 3. The Morgan fingerprint density at radius 3 is 2.40 bits per heavy atom. The van der Waals surface area contributed by atoms with Gasteiger partial charge in [0.1, 0.15) is 5.82 Å². The van der Waals surface area contributed by atoms with E-state index in [4.69, 9.17) is 0 Å². The standard InChI is InChI=1S/C27H29N5O2S/c1-4-32(5-2)25-17-18(3)28-27(30-25)29-21-11-13-22(14-12-21)31-35(33,34)24-16-10-20-8-6-7-19-9-15-23(24)26(19)20/h6-8,10-14,16-17,31H,4-5,9,15H2,1-3H3,(H,28,29,30). The van der Waals surface area contributed by atoms with Crippen LogP contribution >= 0.6 is 0 Å². The number of hydrogen-bond donors (Lipinski definition) is 2. The van der Waals surface area contributed by atoms with Crippen LogP contribution in [0.2, 0.25) is 0 Å². The van der Waals surface area contributed by atoms with E-state index in [1.54, 1.807) is 18.2 Å². The monoisotopic (exact) mass is 487 g/mol. The molecule has 1 aromatic heterocycles. The van der Waals surface area contributed by atoms with Gasteiger partial charge < -0.3 is 10.2 Å². The molecule has 35 heavy (non-hydrogen) atoms. The molecule has 180 valence electrons. The molecular weight excluding hydrogens is 458 g/mol. The molecule has 1 heterocycles. The Labute approximate surface area is 206 Å². The van der Waals surface area contributed by atoms with Crippen molar-refractivity contribution in [3.8, 4) is 0 Å². The number of benzene rings is 3. The zero-order valence-electron chi connectivity index (χ0n) is 20.2. The van der Waals surface area contributed by atoms with Gasteiger partial charge in [0.25, 0.3) is 10.0 Å². The van der Waals surface area contributed by atoms with E-state index in [9.17, 15) is 8.42 Å². The lowest BCUT2D eigenvalue weighted by molar-refractivity contribution is 0.600. The van der Waals surface area contributed by atoms with Gasteiger partial charge in [-0.2, -0.15) is 4.98 Å². The Morgan fingerprint density at radius 2 is 1.66 bits per heavy atom. The number of rotatable bonds is 8. The van der Waals surface area contributed by atoms with Crippen LogP contribution in [-0.4, -0.2) is 31.5 Å². The van der Waals surface area contributed by atoms with Crippen LogP contribution in [0.15, 0.2) is 65.6 Å². The maximum absolute atomic E-state index is 13.3. The van der Waals surface area contributed by atoms with Gasteiger partial charge >= 0.3 is 0 Å². The van der Waals surface area contributed by atoms with Gasteiger partial charge in [0.15, 0.2) is 0 Å². The summed E-state index contributed by atoms with van der Waals surface area (Å²) in [5.41, 5.74) is 4.28. The Balaban J connectivity index is 1.36. The third-order valence-corrected chi connectivity index (χ3v) is 7.92. The lowest BCUT2D eigenvalue weighted by Gasteiger charge is -2.20. The van der Waals surface area contributed by atoms with Crippen LogP contribution in [0.1, 0.15) is 30.7 Å². The highest BCUT2D eigenvalue weighted by Gasteiger charge is 2.25. The molecule has 0 amide bonds. The Hall–Kier alpha value is -3.65. The van der Waals surface area contributed by atoms with Crippen LogP contribution in [0.5, 0.6) is 0 Å². The lowest BCUT2D eigenvalue weighted by atomic mass is 10.1. The second kappa shape index (κ2) is 9.19. The minimum Gasteiger partial charge on any atom is -0.357 e. The molecule has 0 unspecified atom stereocenters. The average Bonchev–Trinajstić information content (AvgIpc) is 3.26. The van der Waals surface area contributed by atoms with Gasteiger partial charge in [-0.25, -0.2) is 13.4 Å². The zero-order valence-corrected chi connectivity index (χ0v) is 21.0. The van der Waals surface area contributed by atoms with Crippen LogP contribution < -0.4 is 14.9 Å². The topological polar surface area (TPSA) is 87.2 Å². The minimum absolute atomic E-state index is 0.356. The van der Waals surface area contributed by atoms with Crippen molar-refractivity contribution in [2.24, 2.45) is 0 Å². The number of aromatic nitrogens is 2. The van der Waals surface area contributed by atoms with E-state index in [1.165, 1.54) is 5.56 Å². The highest BCUT2D eigenvalue weighted by atomic mass is 32.2. The molecule has 0 radical (unpaired) electrons. The van der Waals surface area contributed by atoms with Crippen LogP contribution in [0.4, 0.5) is 23.1 Å². The fraction of sp³-hybridized carbons (Fsp3) is 0.259. The summed E-state index contributed by atoms with van der Waals surface area (Å²) >= 11 is 0. The number of nitrogens with zero attached hydrogens (tertiary/aromatic N) is 3. The first-order valence-corrected chi connectivity index (χ1v) is 13.4. The van der Waals surface area contributed by atoms with Crippen molar-refractivity contribution in [1.82, 2.24) is 9.97 Å². The summed E-state index contributed by atoms with van der Waals surface area (Å²) in [7, 11) is -3.71. The predicted octanol–water partition coefficient (Wildman–Crippen LogP) is 5.43. The Kier molecular flexibility index (Phi) is 6.06. The molecule has 5 rings (SSSR count). The van der Waals surface area contributed by atoms with E-state index in [1.807, 2.05) is 43.3 Å². The predicted molar refractivity (Wildman–Crippen MR) is 142 cm³/mol. The fourth-order valence-electron chi connectivity index (χ4n) is 4.76. The van der Waals surface area contributed by atoms with Gasteiger partial charge in [0.05, 0.1) is 4.90 Å². The zero-order chi connectivity index (χ0) is 24.6. The molecule has 0 bridgehead atoms. The molecule has 0 atom stereocenters. The van der Waals surface area contributed by atoms with Crippen LogP contribution in [0, 0.1) is 6.92 Å². The summed E-state index contributed by atoms with van der Waals surface area (Å²) in [5.74, 6) is 1.39. The first kappa shape index (κ1) is 23.1. The van der Waals surface area contributed by atoms with E-state index in [2.05, 4.69) is 44.8 Å². The largest absolute Gasteiger partial charge is 0.357 e. The van der Waals surface area contributed by atoms with Crippen molar-refractivity contribution in [1.29, 1.82) is 0 Å². The number of nitrogens with one attached hydrogen (secondary N) is 2. The van der Waals surface area contributed by atoms with Crippen LogP contribution in [0.25, 0.3) is 10.8 Å². The van der Waals surface area contributed by atoms with Crippen molar-refractivity contribution in [3.63, 3.8) is 0 Å². The molecule has 0 saturated heterocycles. The van der Waals surface area contributed by atoms with Crippen molar-refractivity contribution in [3.05, 3.63) is 77.5 Å². The molecule has 1 aliphatic carbocycles. The summed E-state index contributed by atoms with van der Waals surface area (Å²) in [5, 5.41) is 5.40. The van der Waals surface area contributed by atoms with Crippen molar-refractivity contribution in [2.75, 3.05) is 28.0 Å². The summed E-state index contributed by atoms with van der Waals surface area (Å²) in [4.78, 5) is 11.6. The molecule has 8 heteroatoms. The molecule has 4 aromatic rings. The Bertz CT molecular complexity index is 1500. The summed E-state index contributed by atoms with van der Waals surface area (Å²) < 4.78 is 29.3. The third kappa shape index (κ3) is 4.53. The quantitative estimate of drug-likeness (QED) is 0.345. The van der Waals surface area contributed by atoms with E-state index in [-0.39, 0.29) is 0 Å². The molecule has 0 spiro atoms. The molecule has 3 aromatic carbocycles. The maximum atomic E-state index is 13.3. The van der Waals surface area contributed by atoms with Gasteiger partial charge in [0.2, 0.25) is 5.95 Å². The lowest BCUT2D eigenvalue weighted by Crippen LogP contribution is -2.23. The first-order chi connectivity index (χ1) is 16.9. The van der Waals surface area contributed by atoms with Gasteiger partial charge in [-0.05, 0) is 85.8 Å². The molecule has 7 nitrogen and oxygen atoms in total. The fourth-order valence-corrected chi connectivity index (χ4v) is 6.09. The van der Waals surface area contributed by atoms with Gasteiger partial charge in [-0.1, -0.05) is 24.3 Å². The summed E-state index contributed by atoms with van der Waals surface area (Å²) in [6.07, 6.45) is 1.61. The van der Waals surface area contributed by atoms with Crippen molar-refractivity contribution in [2.45, 2.75) is 38.5 Å². The summed E-state index contributed by atoms with van der Waals surface area (Å²) in [6.45, 7) is 7.86. The summed E-state index contributed by atoms with van der Waals surface area (Å²) in [6, 6.07) is 18.8. The highest BCUT2D eigenvalue weighted by molar-refractivity contribution is 7.92. The molecule has 1 aliphatic rings. The normalized spacial score (nSPS) is 12.7.